The van der Waals surface area contributed by atoms with Crippen LogP contribution in [-0.4, -0.2) is 22.8 Å². The number of rotatable bonds is 5. The van der Waals surface area contributed by atoms with E-state index in [-0.39, 0.29) is 6.04 Å². The molecular weight excluding hydrogens is 162 g/mol. The molecule has 2 nitrogen and oxygen atoms in total. The first-order valence-corrected chi connectivity index (χ1v) is 4.83. The summed E-state index contributed by atoms with van der Waals surface area (Å²) in [5.41, 5.74) is -0.692. The van der Waals surface area contributed by atoms with Crippen molar-refractivity contribution in [2.75, 3.05) is 0 Å². The van der Waals surface area contributed by atoms with Gasteiger partial charge in [0.25, 0.3) is 0 Å². The van der Waals surface area contributed by atoms with E-state index in [0.717, 1.165) is 12.8 Å². The van der Waals surface area contributed by atoms with Crippen LogP contribution in [-0.2, 0) is 0 Å². The summed E-state index contributed by atoms with van der Waals surface area (Å²) in [6.45, 7) is 7.66. The van der Waals surface area contributed by atoms with Crippen LogP contribution in [0.25, 0.3) is 0 Å². The lowest BCUT2D eigenvalue weighted by atomic mass is 9.99. The summed E-state index contributed by atoms with van der Waals surface area (Å²) in [5.74, 6) is 2.63. The predicted molar refractivity (Wildman–Crippen MR) is 56.4 cm³/mol. The molecule has 0 amide bonds. The summed E-state index contributed by atoms with van der Waals surface area (Å²) in [6, 6.07) is 0.372. The average Bonchev–Trinajstić information content (AvgIpc) is 2.01. The van der Waals surface area contributed by atoms with Crippen molar-refractivity contribution in [1.29, 1.82) is 0 Å². The van der Waals surface area contributed by atoms with Gasteiger partial charge in [0.15, 0.2) is 0 Å². The van der Waals surface area contributed by atoms with Gasteiger partial charge in [-0.05, 0) is 27.2 Å². The molecule has 76 valence electrons. The number of aliphatic hydroxyl groups is 1. The quantitative estimate of drug-likeness (QED) is 0.634. The van der Waals surface area contributed by atoms with E-state index in [0.29, 0.717) is 6.04 Å². The van der Waals surface area contributed by atoms with Crippen molar-refractivity contribution in [3.63, 3.8) is 0 Å². The summed E-state index contributed by atoms with van der Waals surface area (Å²) in [5, 5.41) is 13.0. The minimum Gasteiger partial charge on any atom is -0.389 e. The Balaban J connectivity index is 4.02. The van der Waals surface area contributed by atoms with Crippen molar-refractivity contribution >= 4 is 0 Å². The second-order valence-corrected chi connectivity index (χ2v) is 4.06. The van der Waals surface area contributed by atoms with Crippen LogP contribution in [0.5, 0.6) is 0 Å². The maximum Gasteiger partial charge on any atom is 0.0741 e. The normalized spacial score (nSPS) is 16.3. The van der Waals surface area contributed by atoms with Gasteiger partial charge in [0.2, 0.25) is 0 Å². The Labute approximate surface area is 81.7 Å². The average molecular weight is 183 g/mol. The predicted octanol–water partition coefficient (Wildman–Crippen LogP) is 1.54. The largest absolute Gasteiger partial charge is 0.389 e. The highest BCUT2D eigenvalue weighted by Gasteiger charge is 2.23. The van der Waals surface area contributed by atoms with Crippen LogP contribution in [0.1, 0.15) is 40.5 Å². The smallest absolute Gasteiger partial charge is 0.0741 e. The molecule has 2 heteroatoms. The molecule has 0 aromatic rings. The van der Waals surface area contributed by atoms with Gasteiger partial charge in [-0.2, -0.15) is 0 Å². The third-order valence-corrected chi connectivity index (χ3v) is 2.40. The summed E-state index contributed by atoms with van der Waals surface area (Å²) >= 11 is 0. The second-order valence-electron chi connectivity index (χ2n) is 4.06. The Morgan fingerprint density at radius 3 is 2.38 bits per heavy atom. The van der Waals surface area contributed by atoms with Crippen molar-refractivity contribution in [2.24, 2.45) is 0 Å². The molecule has 2 N–H and O–H groups in total. The minimum atomic E-state index is -0.692. The molecule has 2 atom stereocenters. The van der Waals surface area contributed by atoms with Gasteiger partial charge in [0.1, 0.15) is 0 Å². The molecule has 0 aromatic carbocycles. The Hall–Kier alpha value is -0.520. The summed E-state index contributed by atoms with van der Waals surface area (Å²) in [6.07, 6.45) is 6.95. The third kappa shape index (κ3) is 4.92. The first-order valence-electron chi connectivity index (χ1n) is 4.83. The van der Waals surface area contributed by atoms with E-state index in [4.69, 9.17) is 6.42 Å². The standard InChI is InChI=1S/C11H21NO/c1-6-8-10(7-2)12-9(3)11(4,5)13/h1,9-10,12-13H,7-8H2,2-5H3. The van der Waals surface area contributed by atoms with Crippen molar-refractivity contribution in [3.8, 4) is 12.3 Å². The molecule has 0 saturated heterocycles. The van der Waals surface area contributed by atoms with Gasteiger partial charge in [-0.3, -0.25) is 0 Å². The number of hydrogen-bond donors (Lipinski definition) is 2. The number of terminal acetylenes is 1. The van der Waals surface area contributed by atoms with Crippen LogP contribution in [0, 0.1) is 12.3 Å². The Kier molecular flexibility index (Phi) is 5.05. The summed E-state index contributed by atoms with van der Waals surface area (Å²) in [4.78, 5) is 0. The Morgan fingerprint density at radius 1 is 1.54 bits per heavy atom. The third-order valence-electron chi connectivity index (χ3n) is 2.40. The van der Waals surface area contributed by atoms with Crippen LogP contribution in [0.2, 0.25) is 0 Å². The summed E-state index contributed by atoms with van der Waals surface area (Å²) in [7, 11) is 0. The molecule has 0 aliphatic carbocycles. The lowest BCUT2D eigenvalue weighted by Crippen LogP contribution is -2.48. The van der Waals surface area contributed by atoms with Crippen molar-refractivity contribution in [3.05, 3.63) is 0 Å². The zero-order valence-corrected chi connectivity index (χ0v) is 9.09. The zero-order valence-electron chi connectivity index (χ0n) is 9.09. The summed E-state index contributed by atoms with van der Waals surface area (Å²) < 4.78 is 0. The van der Waals surface area contributed by atoms with E-state index >= 15 is 0 Å². The van der Waals surface area contributed by atoms with Crippen LogP contribution < -0.4 is 5.32 Å². The molecule has 0 heterocycles. The number of hydrogen-bond acceptors (Lipinski definition) is 2. The molecule has 0 bridgehead atoms. The van der Waals surface area contributed by atoms with Crippen molar-refractivity contribution in [2.45, 2.75) is 58.2 Å². The lowest BCUT2D eigenvalue weighted by Gasteiger charge is -2.30. The monoisotopic (exact) mass is 183 g/mol. The molecular formula is C11H21NO. The van der Waals surface area contributed by atoms with Gasteiger partial charge in [0, 0.05) is 18.5 Å². The Bertz CT molecular complexity index is 176. The number of nitrogens with one attached hydrogen (secondary N) is 1. The molecule has 0 fully saturated rings. The first kappa shape index (κ1) is 12.5. The minimum absolute atomic E-state index is 0.0609. The Morgan fingerprint density at radius 2 is 2.08 bits per heavy atom. The topological polar surface area (TPSA) is 32.3 Å². The maximum absolute atomic E-state index is 9.68. The van der Waals surface area contributed by atoms with E-state index in [1.54, 1.807) is 13.8 Å². The molecule has 0 radical (unpaired) electrons. The van der Waals surface area contributed by atoms with E-state index in [9.17, 15) is 5.11 Å². The van der Waals surface area contributed by atoms with Gasteiger partial charge in [0.05, 0.1) is 5.60 Å². The highest BCUT2D eigenvalue weighted by Crippen LogP contribution is 2.10. The molecule has 0 spiro atoms. The first-order chi connectivity index (χ1) is 5.91. The molecule has 0 aromatic heterocycles. The molecule has 0 aliphatic heterocycles. The fraction of sp³-hybridized carbons (Fsp3) is 0.818. The van der Waals surface area contributed by atoms with Crippen LogP contribution >= 0.6 is 0 Å². The van der Waals surface area contributed by atoms with Gasteiger partial charge >= 0.3 is 0 Å². The van der Waals surface area contributed by atoms with E-state index < -0.39 is 5.60 Å². The van der Waals surface area contributed by atoms with E-state index in [1.165, 1.54) is 0 Å². The second kappa shape index (κ2) is 5.26. The van der Waals surface area contributed by atoms with Crippen LogP contribution in [0.4, 0.5) is 0 Å². The van der Waals surface area contributed by atoms with Gasteiger partial charge in [-0.15, -0.1) is 12.3 Å². The van der Waals surface area contributed by atoms with Gasteiger partial charge in [-0.1, -0.05) is 6.92 Å². The highest BCUT2D eigenvalue weighted by molar-refractivity contribution is 4.92. The SMILES string of the molecule is C#CCC(CC)NC(C)C(C)(C)O. The van der Waals surface area contributed by atoms with Crippen LogP contribution in [0.15, 0.2) is 0 Å². The molecule has 0 aliphatic rings. The van der Waals surface area contributed by atoms with E-state index in [1.807, 2.05) is 6.92 Å². The molecule has 0 rings (SSSR count). The highest BCUT2D eigenvalue weighted by atomic mass is 16.3. The molecule has 2 unspecified atom stereocenters. The van der Waals surface area contributed by atoms with Gasteiger partial charge in [-0.25, -0.2) is 0 Å². The fourth-order valence-corrected chi connectivity index (χ4v) is 1.02. The zero-order chi connectivity index (χ0) is 10.5. The van der Waals surface area contributed by atoms with Crippen molar-refractivity contribution in [1.82, 2.24) is 5.32 Å². The lowest BCUT2D eigenvalue weighted by molar-refractivity contribution is 0.0398. The van der Waals surface area contributed by atoms with Crippen LogP contribution in [0.3, 0.4) is 0 Å². The molecule has 13 heavy (non-hydrogen) atoms. The molecule has 0 saturated carbocycles. The van der Waals surface area contributed by atoms with Crippen molar-refractivity contribution < 1.29 is 5.11 Å². The van der Waals surface area contributed by atoms with E-state index in [2.05, 4.69) is 18.2 Å². The van der Waals surface area contributed by atoms with Gasteiger partial charge < -0.3 is 10.4 Å². The fourth-order valence-electron chi connectivity index (χ4n) is 1.02. The maximum atomic E-state index is 9.68.